The van der Waals surface area contributed by atoms with Crippen LogP contribution in [0.25, 0.3) is 0 Å². The van der Waals surface area contributed by atoms with Crippen LogP contribution in [0.1, 0.15) is 45.3 Å². The third-order valence-electron chi connectivity index (χ3n) is 3.32. The zero-order chi connectivity index (χ0) is 14.6. The molecule has 1 aliphatic heterocycles. The molecule has 6 nitrogen and oxygen atoms in total. The van der Waals surface area contributed by atoms with E-state index in [-0.39, 0.29) is 11.3 Å². The van der Waals surface area contributed by atoms with E-state index in [9.17, 15) is 4.79 Å². The normalized spacial score (nSPS) is 19.2. The lowest BCUT2D eigenvalue weighted by Crippen LogP contribution is -2.29. The first kappa shape index (κ1) is 15.0. The van der Waals surface area contributed by atoms with Crippen molar-refractivity contribution >= 4 is 5.91 Å². The summed E-state index contributed by atoms with van der Waals surface area (Å²) in [7, 11) is 0. The van der Waals surface area contributed by atoms with Gasteiger partial charge in [0.25, 0.3) is 0 Å². The summed E-state index contributed by atoms with van der Waals surface area (Å²) < 4.78 is 10.4. The van der Waals surface area contributed by atoms with Gasteiger partial charge >= 0.3 is 0 Å². The van der Waals surface area contributed by atoms with E-state index in [1.165, 1.54) is 0 Å². The summed E-state index contributed by atoms with van der Waals surface area (Å²) in [5.41, 5.74) is -0.132. The number of aromatic nitrogens is 2. The van der Waals surface area contributed by atoms with Crippen LogP contribution in [-0.2, 0) is 21.4 Å². The van der Waals surface area contributed by atoms with Gasteiger partial charge in [0.2, 0.25) is 11.8 Å². The number of rotatable bonds is 5. The molecule has 1 saturated heterocycles. The third kappa shape index (κ3) is 4.30. The van der Waals surface area contributed by atoms with Gasteiger partial charge in [-0.1, -0.05) is 25.9 Å². The predicted molar refractivity (Wildman–Crippen MR) is 73.3 cm³/mol. The van der Waals surface area contributed by atoms with Crippen LogP contribution in [0.5, 0.6) is 0 Å². The smallest absolute Gasteiger partial charge is 0.227 e. The van der Waals surface area contributed by atoms with Gasteiger partial charge in [0.15, 0.2) is 5.82 Å². The average Bonchev–Trinajstić information content (AvgIpc) is 3.04. The molecule has 0 radical (unpaired) electrons. The number of nitrogens with one attached hydrogen (secondary N) is 1. The highest BCUT2D eigenvalue weighted by atomic mass is 16.5. The van der Waals surface area contributed by atoms with Crippen molar-refractivity contribution in [2.24, 2.45) is 5.92 Å². The van der Waals surface area contributed by atoms with E-state index in [1.54, 1.807) is 0 Å². The largest absolute Gasteiger partial charge is 0.381 e. The topological polar surface area (TPSA) is 77.2 Å². The van der Waals surface area contributed by atoms with Gasteiger partial charge in [-0.25, -0.2) is 0 Å². The van der Waals surface area contributed by atoms with Crippen LogP contribution in [0.3, 0.4) is 0 Å². The molecule has 0 bridgehead atoms. The molecule has 0 unspecified atom stereocenters. The minimum Gasteiger partial charge on any atom is -0.381 e. The number of carbonyl (C=O) groups excluding carboxylic acids is 1. The van der Waals surface area contributed by atoms with Crippen molar-refractivity contribution in [2.45, 2.75) is 45.4 Å². The van der Waals surface area contributed by atoms with Crippen LogP contribution in [0.2, 0.25) is 0 Å². The predicted octanol–water partition coefficient (Wildman–Crippen LogP) is 1.45. The molecule has 1 amide bonds. The van der Waals surface area contributed by atoms with Gasteiger partial charge in [-0.3, -0.25) is 4.79 Å². The van der Waals surface area contributed by atoms with E-state index in [2.05, 4.69) is 15.5 Å². The highest BCUT2D eigenvalue weighted by molar-refractivity contribution is 5.75. The van der Waals surface area contributed by atoms with Gasteiger partial charge in [-0.15, -0.1) is 0 Å². The fraction of sp³-hybridized carbons (Fsp3) is 0.786. The Balaban J connectivity index is 1.71. The molecule has 1 N–H and O–H groups in total. The van der Waals surface area contributed by atoms with Crippen LogP contribution < -0.4 is 5.32 Å². The van der Waals surface area contributed by atoms with Crippen molar-refractivity contribution in [3.8, 4) is 0 Å². The second kappa shape index (κ2) is 6.35. The standard InChI is InChI=1S/C14H23N3O3/c1-14(2,3)13-16-12(20-17-13)5-4-11(18)15-8-10-6-7-19-9-10/h10H,4-9H2,1-3H3,(H,15,18)/t10-/m0/s1. The molecule has 0 spiro atoms. The van der Waals surface area contributed by atoms with Crippen molar-refractivity contribution in [2.75, 3.05) is 19.8 Å². The van der Waals surface area contributed by atoms with E-state index in [0.29, 0.717) is 37.0 Å². The molecule has 1 fully saturated rings. The Kier molecular flexibility index (Phi) is 4.75. The first-order valence-corrected chi connectivity index (χ1v) is 7.12. The number of carbonyl (C=O) groups is 1. The minimum atomic E-state index is -0.132. The molecule has 0 aliphatic carbocycles. The Morgan fingerprint density at radius 2 is 2.25 bits per heavy atom. The SMILES string of the molecule is CC(C)(C)c1noc(CCC(=O)NC[C@@H]2CCOC2)n1. The van der Waals surface area contributed by atoms with Crippen LogP contribution in [0.15, 0.2) is 4.52 Å². The average molecular weight is 281 g/mol. The van der Waals surface area contributed by atoms with Gasteiger partial charge in [0, 0.05) is 37.3 Å². The number of hydrogen-bond acceptors (Lipinski definition) is 5. The summed E-state index contributed by atoms with van der Waals surface area (Å²) >= 11 is 0. The molecule has 1 aromatic rings. The minimum absolute atomic E-state index is 0.0207. The second-order valence-corrected chi connectivity index (χ2v) is 6.30. The molecule has 1 aliphatic rings. The first-order valence-electron chi connectivity index (χ1n) is 7.12. The van der Waals surface area contributed by atoms with Crippen molar-refractivity contribution in [3.05, 3.63) is 11.7 Å². The molecule has 2 rings (SSSR count). The summed E-state index contributed by atoms with van der Waals surface area (Å²) in [6, 6.07) is 0. The molecule has 0 saturated carbocycles. The molecule has 1 atom stereocenters. The summed E-state index contributed by atoms with van der Waals surface area (Å²) in [5, 5.41) is 6.86. The lowest BCUT2D eigenvalue weighted by molar-refractivity contribution is -0.121. The molecule has 0 aromatic carbocycles. The molecule has 1 aromatic heterocycles. The highest BCUT2D eigenvalue weighted by Gasteiger charge is 2.21. The van der Waals surface area contributed by atoms with E-state index < -0.39 is 0 Å². The molecular formula is C14H23N3O3. The van der Waals surface area contributed by atoms with E-state index in [1.807, 2.05) is 20.8 Å². The fourth-order valence-electron chi connectivity index (χ4n) is 1.97. The van der Waals surface area contributed by atoms with E-state index in [0.717, 1.165) is 19.6 Å². The van der Waals surface area contributed by atoms with Crippen molar-refractivity contribution in [3.63, 3.8) is 0 Å². The van der Waals surface area contributed by atoms with Gasteiger partial charge < -0.3 is 14.6 Å². The summed E-state index contributed by atoms with van der Waals surface area (Å²) in [4.78, 5) is 16.0. The maximum absolute atomic E-state index is 11.7. The zero-order valence-electron chi connectivity index (χ0n) is 12.4. The Morgan fingerprint density at radius 3 is 2.85 bits per heavy atom. The van der Waals surface area contributed by atoms with Crippen molar-refractivity contribution in [1.82, 2.24) is 15.5 Å². The van der Waals surface area contributed by atoms with Crippen LogP contribution in [0, 0.1) is 5.92 Å². The monoisotopic (exact) mass is 281 g/mol. The maximum Gasteiger partial charge on any atom is 0.227 e. The highest BCUT2D eigenvalue weighted by Crippen LogP contribution is 2.18. The quantitative estimate of drug-likeness (QED) is 0.884. The molecular weight excluding hydrogens is 258 g/mol. The second-order valence-electron chi connectivity index (χ2n) is 6.30. The van der Waals surface area contributed by atoms with E-state index >= 15 is 0 Å². The van der Waals surface area contributed by atoms with Gasteiger partial charge in [-0.2, -0.15) is 4.98 Å². The number of aryl methyl sites for hydroxylation is 1. The van der Waals surface area contributed by atoms with E-state index in [4.69, 9.17) is 9.26 Å². The Labute approximate surface area is 119 Å². The van der Waals surface area contributed by atoms with Crippen LogP contribution >= 0.6 is 0 Å². The van der Waals surface area contributed by atoms with Crippen molar-refractivity contribution in [1.29, 1.82) is 0 Å². The summed E-state index contributed by atoms with van der Waals surface area (Å²) in [6.07, 6.45) is 1.88. The molecule has 20 heavy (non-hydrogen) atoms. The Bertz CT molecular complexity index is 445. The van der Waals surface area contributed by atoms with Gasteiger partial charge in [0.1, 0.15) is 0 Å². The van der Waals surface area contributed by atoms with Crippen LogP contribution in [0.4, 0.5) is 0 Å². The zero-order valence-corrected chi connectivity index (χ0v) is 12.4. The molecule has 112 valence electrons. The van der Waals surface area contributed by atoms with Crippen LogP contribution in [-0.4, -0.2) is 35.8 Å². The Hall–Kier alpha value is -1.43. The van der Waals surface area contributed by atoms with Gasteiger partial charge in [-0.05, 0) is 6.42 Å². The van der Waals surface area contributed by atoms with Crippen molar-refractivity contribution < 1.29 is 14.1 Å². The maximum atomic E-state index is 11.7. The Morgan fingerprint density at radius 1 is 1.45 bits per heavy atom. The number of ether oxygens (including phenoxy) is 1. The first-order chi connectivity index (χ1) is 9.45. The summed E-state index contributed by atoms with van der Waals surface area (Å²) in [5.74, 6) is 1.67. The molecule has 2 heterocycles. The number of hydrogen-bond donors (Lipinski definition) is 1. The fourth-order valence-corrected chi connectivity index (χ4v) is 1.97. The third-order valence-corrected chi connectivity index (χ3v) is 3.32. The molecule has 6 heteroatoms. The van der Waals surface area contributed by atoms with Gasteiger partial charge in [0.05, 0.1) is 6.61 Å². The lowest BCUT2D eigenvalue weighted by atomic mass is 9.96. The number of nitrogens with zero attached hydrogens (tertiary/aromatic N) is 2. The lowest BCUT2D eigenvalue weighted by Gasteiger charge is -2.10. The number of amides is 1. The summed E-state index contributed by atoms with van der Waals surface area (Å²) in [6.45, 7) is 8.32.